The summed E-state index contributed by atoms with van der Waals surface area (Å²) in [5.74, 6) is -0.948. The lowest BCUT2D eigenvalue weighted by Crippen LogP contribution is -2.19. The second kappa shape index (κ2) is 11.3. The van der Waals surface area contributed by atoms with Gasteiger partial charge in [-0.25, -0.2) is 10.2 Å². The van der Waals surface area contributed by atoms with E-state index in [1.807, 2.05) is 55.5 Å². The summed E-state index contributed by atoms with van der Waals surface area (Å²) in [5, 5.41) is 15.9. The van der Waals surface area contributed by atoms with Crippen molar-refractivity contribution in [2.75, 3.05) is 0 Å². The highest BCUT2D eigenvalue weighted by Gasteiger charge is 2.19. The van der Waals surface area contributed by atoms with Crippen molar-refractivity contribution < 1.29 is 19.2 Å². The van der Waals surface area contributed by atoms with E-state index in [-0.39, 0.29) is 17.0 Å². The first kappa shape index (κ1) is 26.5. The van der Waals surface area contributed by atoms with Gasteiger partial charge in [-0.15, -0.1) is 0 Å². The molecule has 0 radical (unpaired) electrons. The van der Waals surface area contributed by atoms with Crippen LogP contribution in [0.5, 0.6) is 5.75 Å². The van der Waals surface area contributed by atoms with Crippen molar-refractivity contribution in [2.45, 2.75) is 6.92 Å². The van der Waals surface area contributed by atoms with Gasteiger partial charge in [-0.2, -0.15) is 5.10 Å². The fraction of sp³-hybridized carbons (Fsp3) is 0.0333. The summed E-state index contributed by atoms with van der Waals surface area (Å²) in [4.78, 5) is 39.5. The minimum atomic E-state index is -0.697. The third kappa shape index (κ3) is 5.67. The molecular weight excluding hydrogens is 576 g/mol. The van der Waals surface area contributed by atoms with Crippen LogP contribution in [0.1, 0.15) is 32.0 Å². The van der Waals surface area contributed by atoms with E-state index in [4.69, 9.17) is 4.74 Å². The third-order valence-corrected chi connectivity index (χ3v) is 6.59. The van der Waals surface area contributed by atoms with Crippen LogP contribution in [0.15, 0.2) is 101 Å². The van der Waals surface area contributed by atoms with Gasteiger partial charge in [0.05, 0.1) is 16.7 Å². The minimum Gasteiger partial charge on any atom is -0.422 e. The van der Waals surface area contributed by atoms with Gasteiger partial charge in [0, 0.05) is 38.6 Å². The molecule has 0 aliphatic heterocycles. The Morgan fingerprint density at radius 1 is 1.00 bits per heavy atom. The van der Waals surface area contributed by atoms with Crippen molar-refractivity contribution in [3.8, 4) is 16.9 Å². The van der Waals surface area contributed by atoms with Gasteiger partial charge in [0.25, 0.3) is 11.6 Å². The van der Waals surface area contributed by atoms with Crippen molar-refractivity contribution >= 4 is 50.6 Å². The highest BCUT2D eigenvalue weighted by molar-refractivity contribution is 9.10. The third-order valence-electron chi connectivity index (χ3n) is 6.10. The fourth-order valence-electron chi connectivity index (χ4n) is 4.19. The van der Waals surface area contributed by atoms with E-state index < -0.39 is 16.8 Å². The first-order valence-corrected chi connectivity index (χ1v) is 12.9. The number of ether oxygens (including phenoxy) is 1. The number of nitrogens with zero attached hydrogens (tertiary/aromatic N) is 2. The van der Waals surface area contributed by atoms with E-state index in [1.165, 1.54) is 30.5 Å². The summed E-state index contributed by atoms with van der Waals surface area (Å²) in [7, 11) is 0. The van der Waals surface area contributed by atoms with E-state index in [0.717, 1.165) is 27.6 Å². The number of nitro benzene ring substituents is 1. The van der Waals surface area contributed by atoms with Crippen LogP contribution in [-0.4, -0.2) is 28.0 Å². The van der Waals surface area contributed by atoms with E-state index >= 15 is 0 Å². The average Bonchev–Trinajstić information content (AvgIpc) is 3.33. The van der Waals surface area contributed by atoms with E-state index in [2.05, 4.69) is 31.4 Å². The number of aromatic amines is 1. The molecule has 0 atom stereocenters. The summed E-state index contributed by atoms with van der Waals surface area (Å²) < 4.78 is 6.22. The molecule has 1 heterocycles. The van der Waals surface area contributed by atoms with E-state index in [1.54, 1.807) is 18.2 Å². The number of fused-ring (bicyclic) bond motifs is 1. The van der Waals surface area contributed by atoms with Gasteiger partial charge in [-0.05, 0) is 55.0 Å². The van der Waals surface area contributed by atoms with Crippen LogP contribution in [0.2, 0.25) is 0 Å². The lowest BCUT2D eigenvalue weighted by atomic mass is 10.0. The number of non-ortho nitro benzene ring substituents is 1. The van der Waals surface area contributed by atoms with Crippen LogP contribution < -0.4 is 10.2 Å². The zero-order valence-corrected chi connectivity index (χ0v) is 22.6. The molecule has 9 nitrogen and oxygen atoms in total. The quantitative estimate of drug-likeness (QED) is 0.0702. The lowest BCUT2D eigenvalue weighted by molar-refractivity contribution is -0.384. The normalized spacial score (nSPS) is 11.1. The van der Waals surface area contributed by atoms with Gasteiger partial charge < -0.3 is 9.72 Å². The Morgan fingerprint density at radius 3 is 2.48 bits per heavy atom. The summed E-state index contributed by atoms with van der Waals surface area (Å²) in [5.41, 5.74) is 6.91. The standard InChI is InChI=1S/C30H21BrN4O5/c1-18-7-13-25-24(15-18)27(19-5-3-2-4-6-19)28(33-25)29(36)34-32-17-21-16-22(31)10-14-26(21)40-30(37)20-8-11-23(12-9-20)35(38)39/h2-17,33H,1H3,(H,34,36). The number of nitro groups is 1. The highest BCUT2D eigenvalue weighted by atomic mass is 79.9. The van der Waals surface area contributed by atoms with E-state index in [9.17, 15) is 19.7 Å². The molecule has 1 aromatic heterocycles. The number of benzene rings is 4. The number of hydrogen-bond acceptors (Lipinski definition) is 6. The Balaban J connectivity index is 1.39. The van der Waals surface area contributed by atoms with Crippen molar-refractivity contribution in [1.29, 1.82) is 0 Å². The highest BCUT2D eigenvalue weighted by Crippen LogP contribution is 2.33. The number of hydrogen-bond donors (Lipinski definition) is 2. The molecule has 0 saturated heterocycles. The molecule has 0 aliphatic rings. The Bertz CT molecular complexity index is 1780. The SMILES string of the molecule is Cc1ccc2[nH]c(C(=O)NN=Cc3cc(Br)ccc3OC(=O)c3ccc([N+](=O)[O-])cc3)c(-c3ccccc3)c2c1. The maximum Gasteiger partial charge on any atom is 0.343 e. The number of carbonyl (C=O) groups is 2. The lowest BCUT2D eigenvalue weighted by Gasteiger charge is -2.08. The maximum atomic E-state index is 13.3. The Labute approximate surface area is 236 Å². The van der Waals surface area contributed by atoms with Gasteiger partial charge in [0.2, 0.25) is 0 Å². The average molecular weight is 597 g/mol. The van der Waals surface area contributed by atoms with Gasteiger partial charge in [0.1, 0.15) is 11.4 Å². The number of H-pyrrole nitrogens is 1. The second-order valence-corrected chi connectivity index (χ2v) is 9.78. The molecule has 4 aromatic carbocycles. The molecule has 5 aromatic rings. The van der Waals surface area contributed by atoms with Crippen molar-refractivity contribution in [1.82, 2.24) is 10.4 Å². The number of amides is 1. The van der Waals surface area contributed by atoms with Gasteiger partial charge in [0.15, 0.2) is 0 Å². The maximum absolute atomic E-state index is 13.3. The Kier molecular flexibility index (Phi) is 7.52. The van der Waals surface area contributed by atoms with E-state index in [0.29, 0.717) is 15.7 Å². The molecule has 0 fully saturated rings. The van der Waals surface area contributed by atoms with Crippen LogP contribution in [0, 0.1) is 17.0 Å². The predicted octanol–water partition coefficient (Wildman–Crippen LogP) is 6.80. The number of nitrogens with one attached hydrogen (secondary N) is 2. The molecule has 2 N–H and O–H groups in total. The molecule has 5 rings (SSSR count). The van der Waals surface area contributed by atoms with Crippen molar-refractivity contribution in [3.05, 3.63) is 128 Å². The van der Waals surface area contributed by atoms with Crippen molar-refractivity contribution in [3.63, 3.8) is 0 Å². The topological polar surface area (TPSA) is 127 Å². The molecule has 0 aliphatic carbocycles. The summed E-state index contributed by atoms with van der Waals surface area (Å²) in [6.07, 6.45) is 1.37. The molecule has 0 saturated carbocycles. The predicted molar refractivity (Wildman–Crippen MR) is 156 cm³/mol. The molecule has 0 bridgehead atoms. The fourth-order valence-corrected chi connectivity index (χ4v) is 4.57. The first-order valence-electron chi connectivity index (χ1n) is 12.1. The summed E-state index contributed by atoms with van der Waals surface area (Å²) >= 11 is 3.39. The Morgan fingerprint density at radius 2 is 1.75 bits per heavy atom. The Hall–Kier alpha value is -5.09. The van der Waals surface area contributed by atoms with Crippen LogP contribution in [-0.2, 0) is 0 Å². The zero-order valence-electron chi connectivity index (χ0n) is 21.1. The van der Waals surface area contributed by atoms with Crippen LogP contribution in [0.3, 0.4) is 0 Å². The summed E-state index contributed by atoms with van der Waals surface area (Å²) in [6, 6.07) is 25.6. The van der Waals surface area contributed by atoms with Crippen LogP contribution in [0.4, 0.5) is 5.69 Å². The van der Waals surface area contributed by atoms with Crippen molar-refractivity contribution in [2.24, 2.45) is 5.10 Å². The number of carbonyl (C=O) groups excluding carboxylic acids is 2. The molecule has 0 unspecified atom stereocenters. The van der Waals surface area contributed by atoms with Gasteiger partial charge >= 0.3 is 5.97 Å². The monoisotopic (exact) mass is 596 g/mol. The number of hydrazone groups is 1. The number of esters is 1. The largest absolute Gasteiger partial charge is 0.422 e. The smallest absolute Gasteiger partial charge is 0.343 e. The molecule has 1 amide bonds. The zero-order chi connectivity index (χ0) is 28.2. The molecule has 198 valence electrons. The molecule has 40 heavy (non-hydrogen) atoms. The minimum absolute atomic E-state index is 0.135. The van der Waals surface area contributed by atoms with Gasteiger partial charge in [-0.3, -0.25) is 14.9 Å². The van der Waals surface area contributed by atoms with Crippen LogP contribution in [0.25, 0.3) is 22.0 Å². The second-order valence-electron chi connectivity index (χ2n) is 8.86. The molecular formula is C30H21BrN4O5. The number of aromatic nitrogens is 1. The number of halogens is 1. The number of aryl methyl sites for hydroxylation is 1. The number of rotatable bonds is 7. The molecule has 0 spiro atoms. The summed E-state index contributed by atoms with van der Waals surface area (Å²) in [6.45, 7) is 2.00. The molecule has 10 heteroatoms. The van der Waals surface area contributed by atoms with Gasteiger partial charge in [-0.1, -0.05) is 57.9 Å². The van der Waals surface area contributed by atoms with Crippen LogP contribution >= 0.6 is 15.9 Å². The first-order chi connectivity index (χ1) is 19.3.